The molecule has 2 amide bonds. The molecule has 0 saturated carbocycles. The monoisotopic (exact) mass is 1000 g/mol. The first-order valence-corrected chi connectivity index (χ1v) is 27.1. The lowest BCUT2D eigenvalue weighted by Crippen LogP contribution is -2.52. The topological polar surface area (TPSA) is 326 Å². The molecule has 2 unspecified atom stereocenters. The minimum Gasteiger partial charge on any atom is -0.408 e. The van der Waals surface area contributed by atoms with E-state index < -0.39 is 110 Å². The molecule has 2 saturated heterocycles. The number of H-pyrrole nitrogens is 1. The Kier molecular flexibility index (Phi) is 15.6. The van der Waals surface area contributed by atoms with Crippen LogP contribution in [0.1, 0.15) is 64.0 Å². The number of aliphatic hydroxyl groups is 1. The summed E-state index contributed by atoms with van der Waals surface area (Å²) >= 11 is 0. The van der Waals surface area contributed by atoms with Crippen molar-refractivity contribution in [2.24, 2.45) is 5.92 Å². The number of nitrogens with zero attached hydrogens (tertiary/aromatic N) is 7. The van der Waals surface area contributed by atoms with Crippen LogP contribution >= 0.6 is 16.1 Å². The quantitative estimate of drug-likeness (QED) is 0.0427. The van der Waals surface area contributed by atoms with E-state index in [1.54, 1.807) is 44.2 Å². The van der Waals surface area contributed by atoms with E-state index in [0.29, 0.717) is 5.56 Å². The minimum absolute atomic E-state index is 0.0357. The summed E-state index contributed by atoms with van der Waals surface area (Å²) in [5.41, 5.74) is 0.146. The van der Waals surface area contributed by atoms with E-state index in [9.17, 15) is 34.2 Å². The third-order valence-electron chi connectivity index (χ3n) is 11.8. The lowest BCUT2D eigenvalue weighted by molar-refractivity contribution is -0.118. The fourth-order valence-electron chi connectivity index (χ4n) is 7.28. The van der Waals surface area contributed by atoms with Gasteiger partial charge in [0.15, 0.2) is 49.7 Å². The number of benzene rings is 1. The molecular weight excluding hydrogens is 949 g/mol. The first kappa shape index (κ1) is 50.7. The van der Waals surface area contributed by atoms with Gasteiger partial charge in [-0.3, -0.25) is 42.8 Å². The molecule has 2 fully saturated rings. The Morgan fingerprint density at radius 3 is 2.53 bits per heavy atom. The summed E-state index contributed by atoms with van der Waals surface area (Å²) in [6, 6.07) is 10.4. The molecule has 0 spiro atoms. The van der Waals surface area contributed by atoms with Crippen LogP contribution in [0.2, 0.25) is 18.1 Å². The third-order valence-corrected chi connectivity index (χ3v) is 18.2. The smallest absolute Gasteiger partial charge is 0.408 e. The SMILES string of the molecule is CC(C)C(=O)Nc1nc2c(c(=O)[nH]1)NCN2[C@@H]1O[C@H](CO)[C@@H](O[Si](C)(C)C(C)(C)C)[C@H]1OP(=O)(OCCC#N)OC[C@@H]1C[C@@H](O[P+](=O)O)[C@H](n2cnc3c(NC(=O)c4ccccc4)ncnc32)O1. The molecule has 6 heterocycles. The normalized spacial score (nSPS) is 23.8. The van der Waals surface area contributed by atoms with Gasteiger partial charge in [-0.1, -0.05) is 52.8 Å². The van der Waals surface area contributed by atoms with Crippen molar-refractivity contribution in [2.75, 3.05) is 47.3 Å². The zero-order chi connectivity index (χ0) is 49.1. The van der Waals surface area contributed by atoms with E-state index in [0.717, 1.165) is 0 Å². The molecule has 3 aliphatic rings. The molecule has 0 radical (unpaired) electrons. The van der Waals surface area contributed by atoms with E-state index >= 15 is 4.57 Å². The lowest BCUT2D eigenvalue weighted by atomic mass is 10.1. The zero-order valence-electron chi connectivity index (χ0n) is 38.2. The Hall–Kier alpha value is -5.13. The number of aromatic nitrogens is 6. The van der Waals surface area contributed by atoms with Crippen LogP contribution in [0.25, 0.3) is 11.2 Å². The molecule has 68 heavy (non-hydrogen) atoms. The number of aliphatic hydroxyl groups excluding tert-OH is 1. The number of fused-ring (bicyclic) bond motifs is 2. The summed E-state index contributed by atoms with van der Waals surface area (Å²) in [7, 11) is -10.8. The van der Waals surface area contributed by atoms with Gasteiger partial charge in [-0.25, -0.2) is 19.5 Å². The average molecular weight is 1000 g/mol. The van der Waals surface area contributed by atoms with Crippen molar-refractivity contribution in [2.45, 2.75) is 109 Å². The number of carbonyl (C=O) groups is 2. The van der Waals surface area contributed by atoms with Crippen molar-refractivity contribution >= 4 is 70.6 Å². The summed E-state index contributed by atoms with van der Waals surface area (Å²) in [4.78, 5) is 70.3. The van der Waals surface area contributed by atoms with Crippen molar-refractivity contribution in [1.82, 2.24) is 29.5 Å². The molecule has 3 aliphatic heterocycles. The number of hydrogen-bond donors (Lipinski definition) is 6. The molecule has 28 heteroatoms. The highest BCUT2D eigenvalue weighted by atomic mass is 31.2. The van der Waals surface area contributed by atoms with E-state index in [-0.39, 0.29) is 59.0 Å². The first-order chi connectivity index (χ1) is 32.2. The maximum atomic E-state index is 15.0. The molecule has 6 N–H and O–H groups in total. The highest BCUT2D eigenvalue weighted by Gasteiger charge is 2.56. The van der Waals surface area contributed by atoms with Gasteiger partial charge in [0.1, 0.15) is 30.3 Å². The predicted molar refractivity (Wildman–Crippen MR) is 245 cm³/mol. The van der Waals surface area contributed by atoms with E-state index in [2.05, 4.69) is 40.9 Å². The molecule has 0 aliphatic carbocycles. The van der Waals surface area contributed by atoms with E-state index in [1.807, 2.05) is 39.9 Å². The van der Waals surface area contributed by atoms with Crippen LogP contribution in [-0.4, -0.2) is 123 Å². The third kappa shape index (κ3) is 11.2. The molecule has 366 valence electrons. The summed E-state index contributed by atoms with van der Waals surface area (Å²) < 4.78 is 71.7. The summed E-state index contributed by atoms with van der Waals surface area (Å²) in [6.07, 6.45) is -6.01. The summed E-state index contributed by atoms with van der Waals surface area (Å²) in [6.45, 7) is 11.7. The van der Waals surface area contributed by atoms with Crippen molar-refractivity contribution < 1.29 is 60.7 Å². The standard InChI is InChI=1S/C40H53N11O14P2Si/c1-22(2)34(53)48-39-47-33-28(36(55)49-39)45-21-51(33)38-30(29(26(17-52)62-38)65-68(6,7)40(3,4)5)64-67(58,59-15-11-14-41)60-18-24-16-25(63-66(56)57)37(61-24)50-20-44-27-31(42-19-43-32(27)50)46-35(54)23-12-9-8-10-13-23/h8-10,12-13,19-20,22,24-26,29-30,37-38,45,52H,11,15-18,21H2,1-7H3,(H3-,42,43,46,47,48,49,53,54,55,56,57)/p+1/t24-,25+,26+,29+,30+,37+,38+,67?/m0/s1. The Morgan fingerprint density at radius 2 is 1.85 bits per heavy atom. The van der Waals surface area contributed by atoms with Gasteiger partial charge in [-0.15, -0.1) is 9.42 Å². The molecule has 1 aromatic carbocycles. The average Bonchev–Trinajstić information content (AvgIpc) is 4.07. The largest absolute Gasteiger partial charge is 0.695 e. The number of nitrogens with one attached hydrogen (secondary N) is 4. The van der Waals surface area contributed by atoms with Crippen LogP contribution in [0.5, 0.6) is 0 Å². The number of imidazole rings is 1. The Labute approximate surface area is 391 Å². The molecule has 25 nitrogen and oxygen atoms in total. The number of phosphoric acid groups is 1. The second kappa shape index (κ2) is 20.8. The van der Waals surface area contributed by atoms with Gasteiger partial charge in [0.25, 0.3) is 11.5 Å². The molecule has 0 bridgehead atoms. The van der Waals surface area contributed by atoms with Crippen molar-refractivity contribution in [3.05, 3.63) is 58.9 Å². The lowest BCUT2D eigenvalue weighted by Gasteiger charge is -2.41. The van der Waals surface area contributed by atoms with Crippen LogP contribution in [0, 0.1) is 17.2 Å². The Balaban J connectivity index is 1.18. The van der Waals surface area contributed by atoms with Gasteiger partial charge in [-0.2, -0.15) is 10.2 Å². The van der Waals surface area contributed by atoms with Gasteiger partial charge in [0.2, 0.25) is 11.9 Å². The van der Waals surface area contributed by atoms with Gasteiger partial charge in [0, 0.05) is 22.5 Å². The van der Waals surface area contributed by atoms with Crippen LogP contribution in [0.4, 0.5) is 23.3 Å². The molecule has 3 aromatic heterocycles. The highest BCUT2D eigenvalue weighted by Crippen LogP contribution is 2.55. The number of phosphoric ester groups is 1. The van der Waals surface area contributed by atoms with Crippen LogP contribution in [-0.2, 0) is 45.9 Å². The summed E-state index contributed by atoms with van der Waals surface area (Å²) in [5, 5.41) is 28.1. The van der Waals surface area contributed by atoms with Gasteiger partial charge >= 0.3 is 16.1 Å². The number of aromatic amines is 1. The highest BCUT2D eigenvalue weighted by molar-refractivity contribution is 7.48. The zero-order valence-corrected chi connectivity index (χ0v) is 41.0. The van der Waals surface area contributed by atoms with E-state index in [4.69, 9.17) is 32.0 Å². The number of carbonyl (C=O) groups excluding carboxylic acids is 2. The number of nitriles is 1. The van der Waals surface area contributed by atoms with Crippen LogP contribution in [0.15, 0.2) is 47.8 Å². The van der Waals surface area contributed by atoms with E-state index in [1.165, 1.54) is 22.1 Å². The number of rotatable bonds is 19. The number of hydrogen-bond acceptors (Lipinski definition) is 20. The van der Waals surface area contributed by atoms with Gasteiger partial charge < -0.3 is 34.5 Å². The van der Waals surface area contributed by atoms with Crippen LogP contribution in [0.3, 0.4) is 0 Å². The molecule has 7 rings (SSSR count). The van der Waals surface area contributed by atoms with Crippen molar-refractivity contribution in [1.29, 1.82) is 5.26 Å². The molecular formula is C40H54N11O14P2Si+. The first-order valence-electron chi connectivity index (χ1n) is 21.6. The summed E-state index contributed by atoms with van der Waals surface area (Å²) in [5.74, 6) is -1.33. The molecule has 9 atom stereocenters. The second-order valence-corrected chi connectivity index (χ2v) is 24.9. The van der Waals surface area contributed by atoms with Crippen LogP contribution < -0.4 is 26.4 Å². The fraction of sp³-hybridized carbons (Fsp3) is 0.550. The minimum atomic E-state index is -4.83. The number of ether oxygens (including phenoxy) is 2. The maximum Gasteiger partial charge on any atom is 0.695 e. The van der Waals surface area contributed by atoms with Gasteiger partial charge in [-0.05, 0) is 30.3 Å². The van der Waals surface area contributed by atoms with Gasteiger partial charge in [0.05, 0.1) is 51.4 Å². The van der Waals surface area contributed by atoms with Crippen molar-refractivity contribution in [3.8, 4) is 6.07 Å². The second-order valence-electron chi connectivity index (χ2n) is 17.8. The molecule has 4 aromatic rings. The maximum absolute atomic E-state index is 15.0. The number of anilines is 4. The predicted octanol–water partition coefficient (Wildman–Crippen LogP) is 4.52. The Bertz CT molecular complexity index is 2650. The van der Waals surface area contributed by atoms with Crippen molar-refractivity contribution in [3.63, 3.8) is 0 Å². The number of amides is 2. The Morgan fingerprint density at radius 1 is 1.10 bits per heavy atom. The fourth-order valence-corrected chi connectivity index (χ4v) is 10.4.